The van der Waals surface area contributed by atoms with Gasteiger partial charge in [0.25, 0.3) is 0 Å². The van der Waals surface area contributed by atoms with Crippen molar-refractivity contribution in [2.45, 2.75) is 19.9 Å². The normalized spacial score (nSPS) is 10.7. The second-order valence-electron chi connectivity index (χ2n) is 4.25. The van der Waals surface area contributed by atoms with Gasteiger partial charge in [0.1, 0.15) is 5.75 Å². The molecule has 0 aliphatic heterocycles. The van der Waals surface area contributed by atoms with Gasteiger partial charge in [-0.15, -0.1) is 24.0 Å². The van der Waals surface area contributed by atoms with Gasteiger partial charge in [0.05, 0.1) is 7.11 Å². The quantitative estimate of drug-likeness (QED) is 0.301. The number of nitrogens with zero attached hydrogens (tertiary/aromatic N) is 1. The topological polar surface area (TPSA) is 54.9 Å². The van der Waals surface area contributed by atoms with Gasteiger partial charge in [-0.25, -0.2) is 0 Å². The van der Waals surface area contributed by atoms with E-state index in [2.05, 4.69) is 15.6 Å². The van der Waals surface area contributed by atoms with Crippen molar-refractivity contribution < 1.29 is 9.47 Å². The van der Waals surface area contributed by atoms with E-state index < -0.39 is 0 Å². The van der Waals surface area contributed by atoms with E-state index in [4.69, 9.17) is 9.47 Å². The summed E-state index contributed by atoms with van der Waals surface area (Å²) in [6.45, 7) is 5.13. The fourth-order valence-corrected chi connectivity index (χ4v) is 1.68. The second-order valence-corrected chi connectivity index (χ2v) is 4.25. The molecule has 2 N–H and O–H groups in total. The van der Waals surface area contributed by atoms with Crippen molar-refractivity contribution in [1.82, 2.24) is 10.6 Å². The molecule has 120 valence electrons. The van der Waals surface area contributed by atoms with E-state index in [0.29, 0.717) is 0 Å². The van der Waals surface area contributed by atoms with Crippen molar-refractivity contribution in [2.24, 2.45) is 4.99 Å². The van der Waals surface area contributed by atoms with E-state index in [1.165, 1.54) is 5.56 Å². The van der Waals surface area contributed by atoms with Crippen LogP contribution in [0.3, 0.4) is 0 Å². The van der Waals surface area contributed by atoms with Gasteiger partial charge in [0.2, 0.25) is 0 Å². The van der Waals surface area contributed by atoms with Crippen LogP contribution in [0.2, 0.25) is 0 Å². The van der Waals surface area contributed by atoms with Crippen LogP contribution in [0.15, 0.2) is 29.3 Å². The van der Waals surface area contributed by atoms with Gasteiger partial charge < -0.3 is 20.1 Å². The van der Waals surface area contributed by atoms with Crippen LogP contribution in [0.25, 0.3) is 0 Å². The molecule has 1 aromatic carbocycles. The molecule has 0 fully saturated rings. The van der Waals surface area contributed by atoms with Crippen molar-refractivity contribution in [1.29, 1.82) is 0 Å². The average Bonchev–Trinajstić information content (AvgIpc) is 2.50. The van der Waals surface area contributed by atoms with Crippen LogP contribution in [-0.2, 0) is 11.3 Å². The van der Waals surface area contributed by atoms with Crippen molar-refractivity contribution in [3.63, 3.8) is 0 Å². The molecule has 21 heavy (non-hydrogen) atoms. The summed E-state index contributed by atoms with van der Waals surface area (Å²) in [5, 5.41) is 6.53. The van der Waals surface area contributed by atoms with E-state index in [1.54, 1.807) is 14.2 Å². The predicted molar refractivity (Wildman–Crippen MR) is 97.7 cm³/mol. The van der Waals surface area contributed by atoms with Gasteiger partial charge in [-0.3, -0.25) is 4.99 Å². The van der Waals surface area contributed by atoms with Gasteiger partial charge in [0.15, 0.2) is 5.96 Å². The van der Waals surface area contributed by atoms with Gasteiger partial charge in [0, 0.05) is 33.4 Å². The Balaban J connectivity index is 0.00000400. The zero-order valence-electron chi connectivity index (χ0n) is 13.0. The Morgan fingerprint density at radius 1 is 1.19 bits per heavy atom. The fourth-order valence-electron chi connectivity index (χ4n) is 1.68. The summed E-state index contributed by atoms with van der Waals surface area (Å²) in [7, 11) is 3.44. The smallest absolute Gasteiger partial charge is 0.191 e. The van der Waals surface area contributed by atoms with E-state index in [9.17, 15) is 0 Å². The molecule has 6 heteroatoms. The summed E-state index contributed by atoms with van der Waals surface area (Å²) < 4.78 is 10.4. The molecule has 0 aliphatic rings. The molecule has 0 heterocycles. The van der Waals surface area contributed by atoms with Gasteiger partial charge in [-0.1, -0.05) is 12.1 Å². The van der Waals surface area contributed by atoms with E-state index in [1.807, 2.05) is 31.2 Å². The van der Waals surface area contributed by atoms with E-state index in [0.717, 1.165) is 44.4 Å². The Hall–Kier alpha value is -1.02. The highest BCUT2D eigenvalue weighted by Crippen LogP contribution is 2.10. The maximum absolute atomic E-state index is 5.29. The maximum Gasteiger partial charge on any atom is 0.191 e. The number of aliphatic imine (C=N–C) groups is 1. The number of nitrogens with one attached hydrogen (secondary N) is 2. The molecule has 0 aliphatic carbocycles. The highest BCUT2D eigenvalue weighted by Gasteiger charge is 1.98. The molecular formula is C15H26IN3O2. The number of guanidine groups is 1. The van der Waals surface area contributed by atoms with Crippen LogP contribution >= 0.6 is 24.0 Å². The van der Waals surface area contributed by atoms with Crippen LogP contribution < -0.4 is 15.4 Å². The summed E-state index contributed by atoms with van der Waals surface area (Å²) in [4.78, 5) is 4.18. The first-order valence-electron chi connectivity index (χ1n) is 6.95. The number of hydrogen-bond donors (Lipinski definition) is 2. The molecule has 0 unspecified atom stereocenters. The Morgan fingerprint density at radius 2 is 1.90 bits per heavy atom. The summed E-state index contributed by atoms with van der Waals surface area (Å²) in [5.41, 5.74) is 1.18. The lowest BCUT2D eigenvalue weighted by molar-refractivity contribution is 0.145. The summed E-state index contributed by atoms with van der Waals surface area (Å²) in [6.07, 6.45) is 0.969. The Labute approximate surface area is 144 Å². The van der Waals surface area contributed by atoms with Crippen LogP contribution in [0.1, 0.15) is 18.9 Å². The third-order valence-corrected chi connectivity index (χ3v) is 2.80. The van der Waals surface area contributed by atoms with Gasteiger partial charge in [-0.2, -0.15) is 0 Å². The molecule has 0 radical (unpaired) electrons. The number of rotatable bonds is 8. The molecule has 0 saturated carbocycles. The number of benzene rings is 1. The minimum Gasteiger partial charge on any atom is -0.497 e. The Bertz CT molecular complexity index is 396. The zero-order chi connectivity index (χ0) is 14.6. The predicted octanol–water partition coefficient (Wildman–Crippen LogP) is 2.40. The molecule has 1 aromatic rings. The highest BCUT2D eigenvalue weighted by molar-refractivity contribution is 14.0. The Kier molecular flexibility index (Phi) is 12.1. The van der Waals surface area contributed by atoms with Crippen LogP contribution in [0.4, 0.5) is 0 Å². The highest BCUT2D eigenvalue weighted by atomic mass is 127. The molecular weight excluding hydrogens is 381 g/mol. The lowest BCUT2D eigenvalue weighted by Gasteiger charge is -2.12. The van der Waals surface area contributed by atoms with E-state index >= 15 is 0 Å². The first-order valence-corrected chi connectivity index (χ1v) is 6.95. The van der Waals surface area contributed by atoms with Gasteiger partial charge >= 0.3 is 0 Å². The summed E-state index contributed by atoms with van der Waals surface area (Å²) in [5.74, 6) is 1.67. The molecule has 1 rings (SSSR count). The minimum absolute atomic E-state index is 0. The molecule has 0 spiro atoms. The third kappa shape index (κ3) is 8.77. The lowest BCUT2D eigenvalue weighted by atomic mass is 10.2. The first-order chi connectivity index (χ1) is 9.80. The molecule has 0 amide bonds. The van der Waals surface area contributed by atoms with Crippen LogP contribution in [0, 0.1) is 0 Å². The average molecular weight is 407 g/mol. The second kappa shape index (κ2) is 12.7. The molecule has 5 nitrogen and oxygen atoms in total. The third-order valence-electron chi connectivity index (χ3n) is 2.80. The number of methoxy groups -OCH3 is 1. The molecule has 0 aromatic heterocycles. The largest absolute Gasteiger partial charge is 0.497 e. The van der Waals surface area contributed by atoms with Gasteiger partial charge in [-0.05, 0) is 31.0 Å². The van der Waals surface area contributed by atoms with Crippen molar-refractivity contribution in [3.8, 4) is 5.75 Å². The maximum atomic E-state index is 5.29. The minimum atomic E-state index is 0. The standard InChI is InChI=1S/C15H25N3O2.HI/c1-4-20-11-5-10-17-15(16-2)18-12-13-6-8-14(19-3)9-7-13;/h6-9H,4-5,10-12H2,1-3H3,(H2,16,17,18);1H. The lowest BCUT2D eigenvalue weighted by Crippen LogP contribution is -2.37. The fraction of sp³-hybridized carbons (Fsp3) is 0.533. The van der Waals surface area contributed by atoms with E-state index in [-0.39, 0.29) is 24.0 Å². The molecule has 0 bridgehead atoms. The van der Waals surface area contributed by atoms with Crippen LogP contribution in [0.5, 0.6) is 5.75 Å². The molecule has 0 atom stereocenters. The van der Waals surface area contributed by atoms with Crippen molar-refractivity contribution >= 4 is 29.9 Å². The van der Waals surface area contributed by atoms with Crippen LogP contribution in [-0.4, -0.2) is 39.9 Å². The van der Waals surface area contributed by atoms with Crippen molar-refractivity contribution in [2.75, 3.05) is 33.9 Å². The monoisotopic (exact) mass is 407 g/mol. The number of hydrogen-bond acceptors (Lipinski definition) is 3. The number of halogens is 1. The molecule has 0 saturated heterocycles. The van der Waals surface area contributed by atoms with Crippen molar-refractivity contribution in [3.05, 3.63) is 29.8 Å². The first kappa shape index (κ1) is 20.0. The number of ether oxygens (including phenoxy) is 2. The summed E-state index contributed by atoms with van der Waals surface area (Å²) in [6, 6.07) is 7.98. The summed E-state index contributed by atoms with van der Waals surface area (Å²) >= 11 is 0. The zero-order valence-corrected chi connectivity index (χ0v) is 15.3. The SMILES string of the molecule is CCOCCCNC(=NC)NCc1ccc(OC)cc1.I. The Morgan fingerprint density at radius 3 is 2.48 bits per heavy atom.